The molecule has 0 fully saturated rings. The molecule has 0 atom stereocenters. The first-order valence-electron chi connectivity index (χ1n) is 6.50. The first-order valence-corrected chi connectivity index (χ1v) is 6.50. The number of nitriles is 2. The summed E-state index contributed by atoms with van der Waals surface area (Å²) >= 11 is 0. The summed E-state index contributed by atoms with van der Waals surface area (Å²) in [6.07, 6.45) is 0.354. The Morgan fingerprint density at radius 1 is 1.05 bits per heavy atom. The highest BCUT2D eigenvalue weighted by atomic mass is 16.5. The minimum atomic E-state index is -0.243. The molecule has 5 heteroatoms. The van der Waals surface area contributed by atoms with Crippen molar-refractivity contribution < 1.29 is 14.6 Å². The van der Waals surface area contributed by atoms with Crippen LogP contribution >= 0.6 is 0 Å². The molecule has 0 amide bonds. The molecule has 0 aliphatic rings. The average Bonchev–Trinajstić information content (AvgIpc) is 2.56. The molecule has 0 aliphatic carbocycles. The van der Waals surface area contributed by atoms with Gasteiger partial charge in [0, 0.05) is 12.5 Å². The van der Waals surface area contributed by atoms with Crippen LogP contribution in [0.25, 0.3) is 0 Å². The molecule has 5 nitrogen and oxygen atoms in total. The standard InChI is InChI=1S/C17H14N2O3/c1-21-13-5-3-11(4-6-13)7-14-12(9-18)8-16(22-2)17(20)15(14)10-19/h3-6,8,20H,7H2,1-2H3. The number of nitrogens with zero attached hydrogens (tertiary/aromatic N) is 2. The molecule has 0 radical (unpaired) electrons. The second-order valence-corrected chi connectivity index (χ2v) is 4.58. The largest absolute Gasteiger partial charge is 0.503 e. The fourth-order valence-corrected chi connectivity index (χ4v) is 2.19. The molecule has 0 saturated heterocycles. The number of hydrogen-bond acceptors (Lipinski definition) is 5. The zero-order valence-electron chi connectivity index (χ0n) is 12.3. The molecular formula is C17H14N2O3. The lowest BCUT2D eigenvalue weighted by Gasteiger charge is -2.12. The summed E-state index contributed by atoms with van der Waals surface area (Å²) in [5.74, 6) is 0.599. The lowest BCUT2D eigenvalue weighted by molar-refractivity contribution is 0.372. The van der Waals surface area contributed by atoms with Crippen molar-refractivity contribution in [2.24, 2.45) is 0 Å². The van der Waals surface area contributed by atoms with Gasteiger partial charge >= 0.3 is 0 Å². The highest BCUT2D eigenvalue weighted by molar-refractivity contribution is 5.62. The molecule has 0 saturated carbocycles. The molecule has 0 aliphatic heterocycles. The van der Waals surface area contributed by atoms with Crippen molar-refractivity contribution in [3.05, 3.63) is 52.6 Å². The number of phenols is 1. The number of hydrogen-bond donors (Lipinski definition) is 1. The molecule has 110 valence electrons. The van der Waals surface area contributed by atoms with Crippen molar-refractivity contribution >= 4 is 0 Å². The summed E-state index contributed by atoms with van der Waals surface area (Å²) in [7, 11) is 2.96. The molecular weight excluding hydrogens is 280 g/mol. The average molecular weight is 294 g/mol. The van der Waals surface area contributed by atoms with E-state index in [0.29, 0.717) is 17.5 Å². The van der Waals surface area contributed by atoms with E-state index in [9.17, 15) is 15.6 Å². The van der Waals surface area contributed by atoms with Crippen LogP contribution in [-0.2, 0) is 6.42 Å². The number of benzene rings is 2. The van der Waals surface area contributed by atoms with Gasteiger partial charge in [-0.05, 0) is 23.3 Å². The van der Waals surface area contributed by atoms with E-state index in [1.54, 1.807) is 19.2 Å². The number of ether oxygens (including phenoxy) is 2. The highest BCUT2D eigenvalue weighted by Crippen LogP contribution is 2.35. The van der Waals surface area contributed by atoms with E-state index in [4.69, 9.17) is 9.47 Å². The van der Waals surface area contributed by atoms with E-state index in [0.717, 1.165) is 11.3 Å². The molecule has 0 unspecified atom stereocenters. The van der Waals surface area contributed by atoms with Gasteiger partial charge in [0.1, 0.15) is 17.4 Å². The molecule has 1 N–H and O–H groups in total. The maximum absolute atomic E-state index is 10.1. The van der Waals surface area contributed by atoms with Gasteiger partial charge in [-0.25, -0.2) is 0 Å². The zero-order valence-corrected chi connectivity index (χ0v) is 12.3. The van der Waals surface area contributed by atoms with Crippen LogP contribution in [0.4, 0.5) is 0 Å². The molecule has 2 rings (SSSR count). The van der Waals surface area contributed by atoms with Crippen molar-refractivity contribution in [2.75, 3.05) is 14.2 Å². The van der Waals surface area contributed by atoms with Gasteiger partial charge in [0.15, 0.2) is 11.5 Å². The van der Waals surface area contributed by atoms with Crippen LogP contribution in [0, 0.1) is 22.7 Å². The zero-order chi connectivity index (χ0) is 16.1. The van der Waals surface area contributed by atoms with Crippen LogP contribution in [0.2, 0.25) is 0 Å². The lowest BCUT2D eigenvalue weighted by Crippen LogP contribution is -2.00. The van der Waals surface area contributed by atoms with Crippen molar-refractivity contribution in [1.82, 2.24) is 0 Å². The van der Waals surface area contributed by atoms with Crippen LogP contribution in [0.1, 0.15) is 22.3 Å². The minimum Gasteiger partial charge on any atom is -0.503 e. The van der Waals surface area contributed by atoms with Gasteiger partial charge in [-0.2, -0.15) is 10.5 Å². The first-order chi connectivity index (χ1) is 10.6. The molecule has 2 aromatic carbocycles. The second kappa shape index (κ2) is 6.51. The molecule has 0 bridgehead atoms. The summed E-state index contributed by atoms with van der Waals surface area (Å²) in [4.78, 5) is 0. The first kappa shape index (κ1) is 15.2. The van der Waals surface area contributed by atoms with Crippen LogP contribution in [-0.4, -0.2) is 19.3 Å². The quantitative estimate of drug-likeness (QED) is 0.937. The van der Waals surface area contributed by atoms with E-state index in [1.165, 1.54) is 13.2 Å². The van der Waals surface area contributed by atoms with Gasteiger partial charge in [-0.1, -0.05) is 12.1 Å². The van der Waals surface area contributed by atoms with Crippen LogP contribution in [0.3, 0.4) is 0 Å². The van der Waals surface area contributed by atoms with Crippen LogP contribution in [0.5, 0.6) is 17.2 Å². The molecule has 0 aromatic heterocycles. The Labute approximate surface area is 128 Å². The summed E-state index contributed by atoms with van der Waals surface area (Å²) in [6.45, 7) is 0. The Morgan fingerprint density at radius 3 is 2.23 bits per heavy atom. The summed E-state index contributed by atoms with van der Waals surface area (Å²) in [5, 5.41) is 28.7. The van der Waals surface area contributed by atoms with E-state index < -0.39 is 0 Å². The van der Waals surface area contributed by atoms with E-state index >= 15 is 0 Å². The van der Waals surface area contributed by atoms with Gasteiger partial charge < -0.3 is 14.6 Å². The van der Waals surface area contributed by atoms with Crippen molar-refractivity contribution in [2.45, 2.75) is 6.42 Å². The topological polar surface area (TPSA) is 86.3 Å². The number of rotatable bonds is 4. The maximum atomic E-state index is 10.1. The maximum Gasteiger partial charge on any atom is 0.176 e. The summed E-state index contributed by atoms with van der Waals surface area (Å²) < 4.78 is 10.1. The fraction of sp³-hybridized carbons (Fsp3) is 0.176. The van der Waals surface area contributed by atoms with Gasteiger partial charge in [-0.3, -0.25) is 0 Å². The summed E-state index contributed by atoms with van der Waals surface area (Å²) in [6, 6.07) is 12.7. The Bertz CT molecular complexity index is 768. The predicted octanol–water partition coefficient (Wildman–Crippen LogP) is 2.74. The summed E-state index contributed by atoms with van der Waals surface area (Å²) in [5.41, 5.74) is 1.75. The third-order valence-electron chi connectivity index (χ3n) is 3.36. The Balaban J connectivity index is 2.51. The van der Waals surface area contributed by atoms with Gasteiger partial charge in [0.05, 0.1) is 25.9 Å². The predicted molar refractivity (Wildman–Crippen MR) is 79.9 cm³/mol. The fourth-order valence-electron chi connectivity index (χ4n) is 2.19. The van der Waals surface area contributed by atoms with Crippen molar-refractivity contribution in [3.63, 3.8) is 0 Å². The lowest BCUT2D eigenvalue weighted by atomic mass is 9.94. The monoisotopic (exact) mass is 294 g/mol. The van der Waals surface area contributed by atoms with Crippen molar-refractivity contribution in [3.8, 4) is 29.4 Å². The second-order valence-electron chi connectivity index (χ2n) is 4.58. The molecule has 22 heavy (non-hydrogen) atoms. The smallest absolute Gasteiger partial charge is 0.176 e. The number of phenolic OH excluding ortho intramolecular Hbond substituents is 1. The molecule has 2 aromatic rings. The molecule has 0 heterocycles. The van der Waals surface area contributed by atoms with E-state index in [-0.39, 0.29) is 17.1 Å². The van der Waals surface area contributed by atoms with Gasteiger partial charge in [0.25, 0.3) is 0 Å². The SMILES string of the molecule is COc1ccc(Cc2c(C#N)cc(OC)c(O)c2C#N)cc1. The van der Waals surface area contributed by atoms with E-state index in [1.807, 2.05) is 24.3 Å². The van der Waals surface area contributed by atoms with Gasteiger partial charge in [0.2, 0.25) is 0 Å². The van der Waals surface area contributed by atoms with Crippen molar-refractivity contribution in [1.29, 1.82) is 10.5 Å². The van der Waals surface area contributed by atoms with Crippen LogP contribution in [0.15, 0.2) is 30.3 Å². The normalized spacial score (nSPS) is 9.64. The number of methoxy groups -OCH3 is 2. The molecule has 0 spiro atoms. The minimum absolute atomic E-state index is 0.0618. The Morgan fingerprint density at radius 2 is 1.73 bits per heavy atom. The number of aromatic hydroxyl groups is 1. The third kappa shape index (κ3) is 2.79. The Kier molecular flexibility index (Phi) is 4.50. The van der Waals surface area contributed by atoms with Gasteiger partial charge in [-0.15, -0.1) is 0 Å². The van der Waals surface area contributed by atoms with E-state index in [2.05, 4.69) is 0 Å². The Hall–Kier alpha value is -3.18. The highest BCUT2D eigenvalue weighted by Gasteiger charge is 2.18. The third-order valence-corrected chi connectivity index (χ3v) is 3.36. The van der Waals surface area contributed by atoms with Crippen LogP contribution < -0.4 is 9.47 Å².